The molecule has 0 aromatic carbocycles. The van der Waals surface area contributed by atoms with Gasteiger partial charge in [0.25, 0.3) is 0 Å². The van der Waals surface area contributed by atoms with E-state index in [0.29, 0.717) is 19.1 Å². The Hall–Kier alpha value is -0.610. The summed E-state index contributed by atoms with van der Waals surface area (Å²) in [6.45, 7) is 4.87. The van der Waals surface area contributed by atoms with Crippen molar-refractivity contribution in [3.8, 4) is 0 Å². The van der Waals surface area contributed by atoms with Crippen LogP contribution in [0.25, 0.3) is 0 Å². The zero-order valence-corrected chi connectivity index (χ0v) is 7.95. The molecule has 0 spiro atoms. The lowest BCUT2D eigenvalue weighted by Crippen LogP contribution is -2.20. The van der Waals surface area contributed by atoms with Gasteiger partial charge in [0.15, 0.2) is 0 Å². The summed E-state index contributed by atoms with van der Waals surface area (Å²) in [7, 11) is 1.66. The molecule has 0 aliphatic carbocycles. The summed E-state index contributed by atoms with van der Waals surface area (Å²) in [5.41, 5.74) is 2.74. The average molecular weight is 174 g/mol. The molecular weight excluding hydrogens is 156 g/mol. The van der Waals surface area contributed by atoms with Gasteiger partial charge in [0, 0.05) is 19.2 Å². The van der Waals surface area contributed by atoms with Gasteiger partial charge in [0.1, 0.15) is 0 Å². The second kappa shape index (κ2) is 7.06. The van der Waals surface area contributed by atoms with E-state index in [-0.39, 0.29) is 6.10 Å². The van der Waals surface area contributed by atoms with E-state index < -0.39 is 0 Å². The maximum atomic E-state index is 8.86. The Kier molecular flexibility index (Phi) is 6.70. The molecule has 0 radical (unpaired) electrons. The minimum Gasteiger partial charge on any atom is -0.392 e. The van der Waals surface area contributed by atoms with E-state index in [1.54, 1.807) is 20.2 Å². The van der Waals surface area contributed by atoms with Gasteiger partial charge < -0.3 is 15.3 Å². The molecule has 2 unspecified atom stereocenters. The predicted octanol–water partition coefficient (Wildman–Crippen LogP) is 0.225. The van der Waals surface area contributed by atoms with Crippen LogP contribution in [0.2, 0.25) is 0 Å². The van der Waals surface area contributed by atoms with Crippen LogP contribution >= 0.6 is 0 Å². The van der Waals surface area contributed by atoms with Gasteiger partial charge in [0.05, 0.1) is 19.3 Å². The number of rotatable bonds is 6. The maximum absolute atomic E-state index is 8.86. The lowest BCUT2D eigenvalue weighted by Gasteiger charge is -2.04. The summed E-state index contributed by atoms with van der Waals surface area (Å²) in [6, 6.07) is 0. The first-order valence-electron chi connectivity index (χ1n) is 4.10. The van der Waals surface area contributed by atoms with E-state index in [1.165, 1.54) is 0 Å². The first kappa shape index (κ1) is 11.4. The highest BCUT2D eigenvalue weighted by Gasteiger charge is 1.95. The number of aliphatic hydroxyl groups excluding tert-OH is 1. The second-order valence-electron chi connectivity index (χ2n) is 2.92. The van der Waals surface area contributed by atoms with Gasteiger partial charge in [-0.05, 0) is 6.92 Å². The van der Waals surface area contributed by atoms with Crippen LogP contribution in [0.1, 0.15) is 13.8 Å². The van der Waals surface area contributed by atoms with Gasteiger partial charge in [-0.1, -0.05) is 6.92 Å². The lowest BCUT2D eigenvalue weighted by molar-refractivity contribution is 0.182. The summed E-state index contributed by atoms with van der Waals surface area (Å²) in [5.74, 6) is 0.302. The molecule has 4 heteroatoms. The summed E-state index contributed by atoms with van der Waals surface area (Å²) in [6.07, 6.45) is 1.41. The van der Waals surface area contributed by atoms with Crippen LogP contribution in [0.3, 0.4) is 0 Å². The normalized spacial score (nSPS) is 16.3. The van der Waals surface area contributed by atoms with Crippen molar-refractivity contribution in [3.05, 3.63) is 0 Å². The molecule has 0 aliphatic rings. The molecule has 0 rings (SSSR count). The Balaban J connectivity index is 3.34. The fourth-order valence-corrected chi connectivity index (χ4v) is 0.671. The lowest BCUT2D eigenvalue weighted by atomic mass is 10.2. The van der Waals surface area contributed by atoms with Gasteiger partial charge in [-0.15, -0.1) is 0 Å². The highest BCUT2D eigenvalue weighted by atomic mass is 16.5. The number of aliphatic hydroxyl groups is 1. The van der Waals surface area contributed by atoms with Crippen LogP contribution < -0.4 is 5.43 Å². The maximum Gasteiger partial charge on any atom is 0.0701 e. The zero-order valence-electron chi connectivity index (χ0n) is 7.95. The third-order valence-electron chi connectivity index (χ3n) is 1.24. The highest BCUT2D eigenvalue weighted by molar-refractivity contribution is 5.59. The van der Waals surface area contributed by atoms with Crippen LogP contribution in [0, 0.1) is 5.92 Å². The van der Waals surface area contributed by atoms with Crippen molar-refractivity contribution < 1.29 is 9.84 Å². The van der Waals surface area contributed by atoms with Gasteiger partial charge in [-0.2, -0.15) is 5.10 Å². The van der Waals surface area contributed by atoms with Crippen molar-refractivity contribution in [2.24, 2.45) is 11.0 Å². The van der Waals surface area contributed by atoms with E-state index in [1.807, 2.05) is 6.92 Å². The summed E-state index contributed by atoms with van der Waals surface area (Å²) >= 11 is 0. The molecule has 0 saturated heterocycles. The topological polar surface area (TPSA) is 53.8 Å². The monoisotopic (exact) mass is 174 g/mol. The minimum atomic E-state index is -0.361. The van der Waals surface area contributed by atoms with Crippen molar-refractivity contribution in [3.63, 3.8) is 0 Å². The molecule has 12 heavy (non-hydrogen) atoms. The molecule has 0 fully saturated rings. The third kappa shape index (κ3) is 7.50. The molecule has 0 bridgehead atoms. The number of nitrogens with one attached hydrogen (secondary N) is 1. The van der Waals surface area contributed by atoms with Gasteiger partial charge in [-0.3, -0.25) is 0 Å². The van der Waals surface area contributed by atoms with Crippen LogP contribution in [0.15, 0.2) is 5.10 Å². The average Bonchev–Trinajstić information content (AvgIpc) is 1.98. The molecule has 0 heterocycles. The SMILES string of the molecule is COCC(C)C=NNCC(C)O. The predicted molar refractivity (Wildman–Crippen MR) is 49.2 cm³/mol. The minimum absolute atomic E-state index is 0.302. The van der Waals surface area contributed by atoms with Crippen molar-refractivity contribution in [1.29, 1.82) is 0 Å². The number of nitrogens with zero attached hydrogens (tertiary/aromatic N) is 1. The quantitative estimate of drug-likeness (QED) is 0.447. The number of methoxy groups -OCH3 is 1. The Morgan fingerprint density at radius 1 is 1.58 bits per heavy atom. The first-order chi connectivity index (χ1) is 5.66. The van der Waals surface area contributed by atoms with Crippen LogP contribution in [-0.4, -0.2) is 37.7 Å². The highest BCUT2D eigenvalue weighted by Crippen LogP contribution is 1.88. The molecule has 4 nitrogen and oxygen atoms in total. The van der Waals surface area contributed by atoms with E-state index >= 15 is 0 Å². The standard InChI is InChI=1S/C8H18N2O2/c1-7(6-12-3)4-9-10-5-8(2)11/h4,7-8,10-11H,5-6H2,1-3H3. The smallest absolute Gasteiger partial charge is 0.0701 e. The first-order valence-corrected chi connectivity index (χ1v) is 4.10. The van der Waals surface area contributed by atoms with Crippen molar-refractivity contribution in [2.75, 3.05) is 20.3 Å². The third-order valence-corrected chi connectivity index (χ3v) is 1.24. The Labute approximate surface area is 73.6 Å². The van der Waals surface area contributed by atoms with Crippen LogP contribution in [0.4, 0.5) is 0 Å². The fourth-order valence-electron chi connectivity index (χ4n) is 0.671. The molecule has 0 aliphatic heterocycles. The van der Waals surface area contributed by atoms with Gasteiger partial charge >= 0.3 is 0 Å². The van der Waals surface area contributed by atoms with Gasteiger partial charge in [-0.25, -0.2) is 0 Å². The fraction of sp³-hybridized carbons (Fsp3) is 0.875. The summed E-state index contributed by atoms with van der Waals surface area (Å²) in [5, 5.41) is 12.8. The molecule has 72 valence electrons. The number of hydrazone groups is 1. The number of ether oxygens (including phenoxy) is 1. The summed E-state index contributed by atoms with van der Waals surface area (Å²) in [4.78, 5) is 0. The molecule has 0 aromatic rings. The molecular formula is C8H18N2O2. The summed E-state index contributed by atoms with van der Waals surface area (Å²) < 4.78 is 4.91. The van der Waals surface area contributed by atoms with Crippen LogP contribution in [-0.2, 0) is 4.74 Å². The zero-order chi connectivity index (χ0) is 9.40. The molecule has 2 atom stereocenters. The second-order valence-corrected chi connectivity index (χ2v) is 2.92. The van der Waals surface area contributed by atoms with E-state index in [4.69, 9.17) is 9.84 Å². The number of hydrogen-bond donors (Lipinski definition) is 2. The number of hydrogen-bond acceptors (Lipinski definition) is 4. The Morgan fingerprint density at radius 2 is 2.25 bits per heavy atom. The van der Waals surface area contributed by atoms with Crippen molar-refractivity contribution >= 4 is 6.21 Å². The molecule has 0 amide bonds. The Morgan fingerprint density at radius 3 is 2.75 bits per heavy atom. The van der Waals surface area contributed by atoms with E-state index in [9.17, 15) is 0 Å². The van der Waals surface area contributed by atoms with Crippen LogP contribution in [0.5, 0.6) is 0 Å². The molecule has 0 saturated carbocycles. The molecule has 2 N–H and O–H groups in total. The van der Waals surface area contributed by atoms with E-state index in [0.717, 1.165) is 0 Å². The largest absolute Gasteiger partial charge is 0.392 e. The molecule has 0 aromatic heterocycles. The van der Waals surface area contributed by atoms with Crippen molar-refractivity contribution in [1.82, 2.24) is 5.43 Å². The Bertz CT molecular complexity index is 126. The van der Waals surface area contributed by atoms with E-state index in [2.05, 4.69) is 10.5 Å². The van der Waals surface area contributed by atoms with Crippen molar-refractivity contribution in [2.45, 2.75) is 20.0 Å². The van der Waals surface area contributed by atoms with Gasteiger partial charge in [0.2, 0.25) is 0 Å².